The van der Waals surface area contributed by atoms with Gasteiger partial charge in [0.1, 0.15) is 17.2 Å². The van der Waals surface area contributed by atoms with Crippen molar-refractivity contribution in [3.05, 3.63) is 143 Å². The van der Waals surface area contributed by atoms with E-state index in [9.17, 15) is 49.1 Å². The summed E-state index contributed by atoms with van der Waals surface area (Å²) in [6.07, 6.45) is 5.64. The molecule has 16 heteroatoms. The van der Waals surface area contributed by atoms with E-state index in [1.807, 2.05) is 11.5 Å². The number of anilines is 1. The zero-order valence-electron chi connectivity index (χ0n) is 28.4. The summed E-state index contributed by atoms with van der Waals surface area (Å²) in [6.45, 7) is 4.78. The summed E-state index contributed by atoms with van der Waals surface area (Å²) in [6, 6.07) is 21.2. The lowest BCUT2D eigenvalue weighted by molar-refractivity contribution is -0.539. The van der Waals surface area contributed by atoms with Crippen LogP contribution in [0.4, 0.5) is 5.69 Å². The molecule has 0 aromatic heterocycles. The highest BCUT2D eigenvalue weighted by atomic mass is 32.2. The van der Waals surface area contributed by atoms with E-state index in [0.717, 1.165) is 23.9 Å². The third-order valence-corrected chi connectivity index (χ3v) is 11.2. The molecule has 1 unspecified atom stereocenters. The Balaban J connectivity index is 1.57. The first-order valence-electron chi connectivity index (χ1n) is 16.1. The summed E-state index contributed by atoms with van der Waals surface area (Å²) < 4.78 is 102. The number of aromatic hydroxyl groups is 1. The van der Waals surface area contributed by atoms with E-state index in [2.05, 4.69) is 0 Å². The molecule has 53 heavy (non-hydrogen) atoms. The number of rotatable bonds is 12. The van der Waals surface area contributed by atoms with Crippen molar-refractivity contribution < 1.29 is 53.7 Å². The van der Waals surface area contributed by atoms with Crippen molar-refractivity contribution in [2.75, 3.05) is 18.0 Å². The molecule has 5 rings (SSSR count). The highest BCUT2D eigenvalue weighted by molar-refractivity contribution is 7.86. The molecule has 1 aliphatic rings. The Bertz CT molecular complexity index is 2470. The number of phenolic OH excluding ortho intramolecular Hbond substituents is 1. The molecule has 0 spiro atoms. The molecule has 4 aromatic carbocycles. The van der Waals surface area contributed by atoms with Crippen LogP contribution in [0.3, 0.4) is 0 Å². The smallest absolute Gasteiger partial charge is 0.295 e. The molecule has 278 valence electrons. The van der Waals surface area contributed by atoms with E-state index in [0.29, 0.717) is 41.1 Å². The molecule has 1 aliphatic carbocycles. The Morgan fingerprint density at radius 2 is 1.36 bits per heavy atom. The maximum Gasteiger partial charge on any atom is 0.295 e. The predicted octanol–water partition coefficient (Wildman–Crippen LogP) is 4.62. The average Bonchev–Trinajstić information content (AvgIpc) is 3.11. The monoisotopic (exact) mass is 780 g/mol. The molecule has 0 heterocycles. The number of benzene rings is 4. The second-order valence-corrected chi connectivity index (χ2v) is 16.2. The van der Waals surface area contributed by atoms with Crippen LogP contribution in [0.15, 0.2) is 136 Å². The number of hydrogen-bond donors (Lipinski definition) is 4. The fourth-order valence-electron chi connectivity index (χ4n) is 5.95. The standard InChI is InChI=1S/C37H35N2O11S3/c1-3-38(24-25-6-5-7-33(22-25)52(45,46)47)29-14-8-26(9-15-29)36(34-21-18-31(40)23-35(34)53(48,49)50)27-10-16-30(17-11-27)39(4-2)37(41)28-12-19-32(20-13-28)51(42,43)44/h5-23,37H,3-4,24H2,1-2H3,(H3,42,43,44,45,46,47,48,49,50)/q-1/p+1. The molecule has 4 N–H and O–H groups in total. The van der Waals surface area contributed by atoms with Gasteiger partial charge in [0, 0.05) is 41.6 Å². The Morgan fingerprint density at radius 3 is 1.91 bits per heavy atom. The topological polar surface area (TPSA) is 213 Å². The maximum atomic E-state index is 13.5. The van der Waals surface area contributed by atoms with Crippen LogP contribution in [0.25, 0.3) is 5.57 Å². The average molecular weight is 781 g/mol. The normalized spacial score (nSPS) is 13.9. The zero-order valence-corrected chi connectivity index (χ0v) is 30.9. The fraction of sp³-hybridized carbons (Fsp3) is 0.162. The van der Waals surface area contributed by atoms with Gasteiger partial charge < -0.3 is 15.1 Å². The van der Waals surface area contributed by atoms with Crippen LogP contribution in [0.1, 0.15) is 42.3 Å². The van der Waals surface area contributed by atoms with Gasteiger partial charge in [0.15, 0.2) is 12.3 Å². The molecule has 0 saturated heterocycles. The number of allylic oxidation sites excluding steroid dienone is 5. The number of hydrogen-bond acceptors (Lipinski definition) is 9. The molecule has 0 bridgehead atoms. The molecule has 0 aliphatic heterocycles. The molecule has 13 nitrogen and oxygen atoms in total. The molecule has 0 amide bonds. The SMILES string of the molecule is CCN(c1ccc(C(=C2C=CC(=[N+](CC)Cc3cccc(S(=O)(=O)O)c3)C=C2)c2ccc(O)cc2S(=O)(=O)O)cc1)C([O-])c1ccc(S(=O)(=O)O)cc1. The highest BCUT2D eigenvalue weighted by Gasteiger charge is 2.24. The zero-order chi connectivity index (χ0) is 38.7. The van der Waals surface area contributed by atoms with Gasteiger partial charge in [-0.25, -0.2) is 4.58 Å². The van der Waals surface area contributed by atoms with Crippen molar-refractivity contribution in [3.63, 3.8) is 0 Å². The van der Waals surface area contributed by atoms with Crippen LogP contribution in [0.2, 0.25) is 0 Å². The van der Waals surface area contributed by atoms with E-state index in [-0.39, 0.29) is 33.2 Å². The van der Waals surface area contributed by atoms with E-state index < -0.39 is 41.5 Å². The molecule has 1 atom stereocenters. The highest BCUT2D eigenvalue weighted by Crippen LogP contribution is 2.36. The van der Waals surface area contributed by atoms with Gasteiger partial charge in [-0.15, -0.1) is 0 Å². The van der Waals surface area contributed by atoms with Crippen LogP contribution in [0, 0.1) is 0 Å². The Labute approximate surface area is 308 Å². The van der Waals surface area contributed by atoms with Gasteiger partial charge in [0.05, 0.1) is 9.79 Å². The third-order valence-electron chi connectivity index (χ3n) is 8.56. The van der Waals surface area contributed by atoms with Gasteiger partial charge in [0.2, 0.25) is 0 Å². The fourth-order valence-corrected chi connectivity index (χ4v) is 7.69. The van der Waals surface area contributed by atoms with Crippen LogP contribution in [-0.2, 0) is 36.9 Å². The summed E-state index contributed by atoms with van der Waals surface area (Å²) in [5.74, 6) is -0.382. The molecular weight excluding hydrogens is 745 g/mol. The van der Waals surface area contributed by atoms with Crippen molar-refractivity contribution in [2.45, 2.75) is 41.3 Å². The lowest BCUT2D eigenvalue weighted by Crippen LogP contribution is -2.37. The molecule has 4 aromatic rings. The predicted molar refractivity (Wildman–Crippen MR) is 196 cm³/mol. The van der Waals surface area contributed by atoms with E-state index in [4.69, 9.17) is 0 Å². The molecule has 0 saturated carbocycles. The van der Waals surface area contributed by atoms with Gasteiger partial charge in [-0.05, 0) is 103 Å². The summed E-state index contributed by atoms with van der Waals surface area (Å²) in [4.78, 5) is 0.425. The van der Waals surface area contributed by atoms with E-state index in [1.54, 1.807) is 61.6 Å². The van der Waals surface area contributed by atoms with Crippen molar-refractivity contribution in [1.82, 2.24) is 0 Å². The Morgan fingerprint density at radius 1 is 0.736 bits per heavy atom. The molecule has 0 fully saturated rings. The summed E-state index contributed by atoms with van der Waals surface area (Å²) in [7, 11) is -13.7. The van der Waals surface area contributed by atoms with Gasteiger partial charge in [-0.1, -0.05) is 36.4 Å². The number of phenols is 1. The van der Waals surface area contributed by atoms with Crippen LogP contribution in [0.5, 0.6) is 5.75 Å². The second-order valence-electron chi connectivity index (χ2n) is 11.9. The van der Waals surface area contributed by atoms with Crippen LogP contribution in [-0.4, -0.2) is 67.4 Å². The lowest BCUT2D eigenvalue weighted by atomic mass is 9.90. The Hall–Kier alpha value is -4.94. The minimum atomic E-state index is -4.82. The minimum Gasteiger partial charge on any atom is -0.833 e. The van der Waals surface area contributed by atoms with Crippen molar-refractivity contribution in [1.29, 1.82) is 0 Å². The van der Waals surface area contributed by atoms with Gasteiger partial charge in [-0.3, -0.25) is 13.7 Å². The summed E-state index contributed by atoms with van der Waals surface area (Å²) in [5.41, 5.74) is 3.64. The largest absolute Gasteiger partial charge is 0.833 e. The lowest BCUT2D eigenvalue weighted by Gasteiger charge is -2.38. The van der Waals surface area contributed by atoms with E-state index >= 15 is 0 Å². The maximum absolute atomic E-state index is 13.5. The van der Waals surface area contributed by atoms with Crippen LogP contribution < -0.4 is 10.0 Å². The van der Waals surface area contributed by atoms with Crippen molar-refractivity contribution in [2.24, 2.45) is 0 Å². The quantitative estimate of drug-likeness (QED) is 0.0881. The van der Waals surface area contributed by atoms with Gasteiger partial charge in [0.25, 0.3) is 30.4 Å². The Kier molecular flexibility index (Phi) is 11.5. The third kappa shape index (κ3) is 9.17. The molecule has 0 radical (unpaired) electrons. The summed E-state index contributed by atoms with van der Waals surface area (Å²) in [5, 5.41) is 23.6. The number of nitrogens with zero attached hydrogens (tertiary/aromatic N) is 2. The van der Waals surface area contributed by atoms with Gasteiger partial charge in [-0.2, -0.15) is 25.3 Å². The van der Waals surface area contributed by atoms with Gasteiger partial charge >= 0.3 is 0 Å². The van der Waals surface area contributed by atoms with Crippen molar-refractivity contribution >= 4 is 47.3 Å². The summed E-state index contributed by atoms with van der Waals surface area (Å²) >= 11 is 0. The minimum absolute atomic E-state index is 0.0909. The first-order chi connectivity index (χ1) is 24.9. The molecular formula is C37H36N2O11S3. The van der Waals surface area contributed by atoms with Crippen molar-refractivity contribution in [3.8, 4) is 5.75 Å². The van der Waals surface area contributed by atoms with E-state index in [1.165, 1.54) is 47.4 Å². The second kappa shape index (κ2) is 15.6. The first kappa shape index (κ1) is 39.3. The first-order valence-corrected chi connectivity index (χ1v) is 20.4. The van der Waals surface area contributed by atoms with Crippen LogP contribution >= 0.6 is 0 Å².